The Kier molecular flexibility index (Phi) is 4.32. The van der Waals surface area contributed by atoms with Gasteiger partial charge in [0.1, 0.15) is 0 Å². The second-order valence-corrected chi connectivity index (χ2v) is 6.36. The monoisotopic (exact) mass is 383 g/mol. The lowest BCUT2D eigenvalue weighted by Gasteiger charge is -2.05. The number of halogens is 2. The van der Waals surface area contributed by atoms with E-state index in [9.17, 15) is 4.79 Å². The number of anilines is 1. The first-order valence-corrected chi connectivity index (χ1v) is 8.45. The fourth-order valence-corrected chi connectivity index (χ4v) is 3.12. The molecule has 1 N–H and O–H groups in total. The highest BCUT2D eigenvalue weighted by atomic mass is 35.5. The van der Waals surface area contributed by atoms with Crippen molar-refractivity contribution in [3.05, 3.63) is 76.3 Å². The standard InChI is InChI=1S/C19H11Cl2N3O2/c20-12-8-9-15(16(21)10-12)18-23-24-19(26-18)22-17(25)14-7-3-5-11-4-1-2-6-13(11)14/h1-10H,(H,22,24,25). The number of fused-ring (bicyclic) bond motifs is 1. The van der Waals surface area contributed by atoms with Crippen LogP contribution in [0.4, 0.5) is 6.01 Å². The molecule has 0 saturated heterocycles. The summed E-state index contributed by atoms with van der Waals surface area (Å²) in [5.74, 6) is -0.140. The van der Waals surface area contributed by atoms with Crippen molar-refractivity contribution in [2.75, 3.05) is 5.32 Å². The van der Waals surface area contributed by atoms with Crippen LogP contribution >= 0.6 is 23.2 Å². The van der Waals surface area contributed by atoms with Crippen molar-refractivity contribution in [3.63, 3.8) is 0 Å². The zero-order valence-corrected chi connectivity index (χ0v) is 14.8. The third kappa shape index (κ3) is 3.14. The molecule has 0 radical (unpaired) electrons. The quantitative estimate of drug-likeness (QED) is 0.510. The van der Waals surface area contributed by atoms with Crippen LogP contribution in [-0.2, 0) is 0 Å². The third-order valence-electron chi connectivity index (χ3n) is 3.84. The van der Waals surface area contributed by atoms with Crippen LogP contribution in [0.2, 0.25) is 10.0 Å². The van der Waals surface area contributed by atoms with Crippen LogP contribution in [0.5, 0.6) is 0 Å². The van der Waals surface area contributed by atoms with E-state index in [0.29, 0.717) is 21.2 Å². The average Bonchev–Trinajstić information content (AvgIpc) is 3.09. The van der Waals surface area contributed by atoms with Crippen LogP contribution in [0.3, 0.4) is 0 Å². The van der Waals surface area contributed by atoms with Crippen molar-refractivity contribution in [2.24, 2.45) is 0 Å². The van der Waals surface area contributed by atoms with Gasteiger partial charge in [-0.1, -0.05) is 64.7 Å². The predicted molar refractivity (Wildman–Crippen MR) is 102 cm³/mol. The lowest BCUT2D eigenvalue weighted by Crippen LogP contribution is -2.12. The van der Waals surface area contributed by atoms with E-state index >= 15 is 0 Å². The number of hydrogen-bond acceptors (Lipinski definition) is 4. The van der Waals surface area contributed by atoms with Gasteiger partial charge in [0.25, 0.3) is 11.8 Å². The first-order chi connectivity index (χ1) is 12.6. The maximum atomic E-state index is 12.6. The molecule has 0 fully saturated rings. The zero-order chi connectivity index (χ0) is 18.1. The number of rotatable bonds is 3. The normalized spacial score (nSPS) is 10.8. The summed E-state index contributed by atoms with van der Waals surface area (Å²) in [6.07, 6.45) is 0. The summed E-state index contributed by atoms with van der Waals surface area (Å²) in [6, 6.07) is 18.1. The van der Waals surface area contributed by atoms with Crippen molar-refractivity contribution in [3.8, 4) is 11.5 Å². The highest BCUT2D eigenvalue weighted by molar-refractivity contribution is 6.36. The summed E-state index contributed by atoms with van der Waals surface area (Å²) in [7, 11) is 0. The van der Waals surface area contributed by atoms with Gasteiger partial charge in [-0.3, -0.25) is 10.1 Å². The van der Waals surface area contributed by atoms with Gasteiger partial charge in [0.2, 0.25) is 0 Å². The Morgan fingerprint density at radius 3 is 2.62 bits per heavy atom. The van der Waals surface area contributed by atoms with Gasteiger partial charge in [0.15, 0.2) is 0 Å². The average molecular weight is 384 g/mol. The van der Waals surface area contributed by atoms with Gasteiger partial charge in [0.05, 0.1) is 10.6 Å². The van der Waals surface area contributed by atoms with E-state index in [4.69, 9.17) is 27.6 Å². The van der Waals surface area contributed by atoms with Crippen molar-refractivity contribution in [2.45, 2.75) is 0 Å². The van der Waals surface area contributed by atoms with Gasteiger partial charge >= 0.3 is 6.01 Å². The minimum absolute atomic E-state index is 0.0102. The van der Waals surface area contributed by atoms with Crippen LogP contribution in [0.1, 0.15) is 10.4 Å². The number of aromatic nitrogens is 2. The molecular weight excluding hydrogens is 373 g/mol. The Hall–Kier alpha value is -2.89. The van der Waals surface area contributed by atoms with E-state index in [1.807, 2.05) is 36.4 Å². The lowest BCUT2D eigenvalue weighted by atomic mass is 10.0. The molecule has 3 aromatic carbocycles. The van der Waals surface area contributed by atoms with E-state index in [0.717, 1.165) is 10.8 Å². The van der Waals surface area contributed by atoms with Crippen molar-refractivity contribution in [1.82, 2.24) is 10.2 Å². The lowest BCUT2D eigenvalue weighted by molar-refractivity contribution is 0.102. The van der Waals surface area contributed by atoms with Crippen LogP contribution in [0.25, 0.3) is 22.2 Å². The molecular formula is C19H11Cl2N3O2. The minimum atomic E-state index is -0.334. The van der Waals surface area contributed by atoms with Crippen LogP contribution < -0.4 is 5.32 Å². The van der Waals surface area contributed by atoms with Gasteiger partial charge in [0, 0.05) is 10.6 Å². The number of carbonyl (C=O) groups is 1. The molecule has 0 aliphatic carbocycles. The van der Waals surface area contributed by atoms with Crippen LogP contribution in [-0.4, -0.2) is 16.1 Å². The first-order valence-electron chi connectivity index (χ1n) is 7.70. The second kappa shape index (κ2) is 6.78. The summed E-state index contributed by atoms with van der Waals surface area (Å²) in [4.78, 5) is 12.6. The molecule has 7 heteroatoms. The van der Waals surface area contributed by atoms with E-state index in [1.54, 1.807) is 24.3 Å². The Labute approximate surface area is 158 Å². The first kappa shape index (κ1) is 16.6. The molecule has 128 valence electrons. The van der Waals surface area contributed by atoms with E-state index < -0.39 is 0 Å². The fourth-order valence-electron chi connectivity index (χ4n) is 2.63. The molecule has 0 atom stereocenters. The van der Waals surface area contributed by atoms with Gasteiger partial charge in [-0.25, -0.2) is 0 Å². The van der Waals surface area contributed by atoms with Gasteiger partial charge in [-0.15, -0.1) is 5.10 Å². The molecule has 0 aliphatic heterocycles. The number of hydrogen-bond donors (Lipinski definition) is 1. The molecule has 0 unspecified atom stereocenters. The summed E-state index contributed by atoms with van der Waals surface area (Å²) in [6.45, 7) is 0. The zero-order valence-electron chi connectivity index (χ0n) is 13.2. The number of amides is 1. The van der Waals surface area contributed by atoms with Crippen LogP contribution in [0.15, 0.2) is 65.1 Å². The highest BCUT2D eigenvalue weighted by Gasteiger charge is 2.16. The third-order valence-corrected chi connectivity index (χ3v) is 4.39. The predicted octanol–water partition coefficient (Wildman–Crippen LogP) is 5.45. The smallest absolute Gasteiger partial charge is 0.322 e. The number of nitrogens with zero attached hydrogens (tertiary/aromatic N) is 2. The number of carbonyl (C=O) groups excluding carboxylic acids is 1. The Bertz CT molecular complexity index is 1120. The largest absolute Gasteiger partial charge is 0.403 e. The summed E-state index contributed by atoms with van der Waals surface area (Å²) < 4.78 is 5.51. The van der Waals surface area contributed by atoms with Crippen molar-refractivity contribution < 1.29 is 9.21 Å². The van der Waals surface area contributed by atoms with E-state index in [2.05, 4.69) is 15.5 Å². The van der Waals surface area contributed by atoms with Crippen LogP contribution in [0, 0.1) is 0 Å². The molecule has 4 rings (SSSR count). The number of nitrogens with one attached hydrogen (secondary N) is 1. The van der Waals surface area contributed by atoms with E-state index in [1.165, 1.54) is 0 Å². The number of benzene rings is 3. The Morgan fingerprint density at radius 2 is 1.77 bits per heavy atom. The maximum absolute atomic E-state index is 12.6. The Morgan fingerprint density at radius 1 is 0.962 bits per heavy atom. The molecule has 0 bridgehead atoms. The summed E-state index contributed by atoms with van der Waals surface area (Å²) in [5.41, 5.74) is 1.06. The highest BCUT2D eigenvalue weighted by Crippen LogP contribution is 2.30. The summed E-state index contributed by atoms with van der Waals surface area (Å²) in [5, 5.41) is 13.1. The molecule has 1 amide bonds. The second-order valence-electron chi connectivity index (χ2n) is 5.52. The van der Waals surface area contributed by atoms with E-state index in [-0.39, 0.29) is 17.8 Å². The molecule has 0 aliphatic rings. The van der Waals surface area contributed by atoms with Gasteiger partial charge in [-0.2, -0.15) is 0 Å². The molecule has 1 aromatic heterocycles. The minimum Gasteiger partial charge on any atom is -0.403 e. The van der Waals surface area contributed by atoms with Crippen molar-refractivity contribution in [1.29, 1.82) is 0 Å². The van der Waals surface area contributed by atoms with Crippen molar-refractivity contribution >= 4 is 45.9 Å². The SMILES string of the molecule is O=C(Nc1nnc(-c2ccc(Cl)cc2Cl)o1)c1cccc2ccccc12. The molecule has 5 nitrogen and oxygen atoms in total. The topological polar surface area (TPSA) is 68.0 Å². The van der Waals surface area contributed by atoms with Gasteiger partial charge < -0.3 is 4.42 Å². The summed E-state index contributed by atoms with van der Waals surface area (Å²) >= 11 is 12.0. The molecule has 1 heterocycles. The molecule has 4 aromatic rings. The molecule has 26 heavy (non-hydrogen) atoms. The van der Waals surface area contributed by atoms with Gasteiger partial charge in [-0.05, 0) is 35.0 Å². The Balaban J connectivity index is 1.62. The molecule has 0 saturated carbocycles. The maximum Gasteiger partial charge on any atom is 0.322 e. The molecule has 0 spiro atoms. The fraction of sp³-hybridized carbons (Fsp3) is 0.